The second-order valence-electron chi connectivity index (χ2n) is 6.46. The molecule has 0 fully saturated rings. The molecule has 4 rings (SSSR count). The zero-order valence-corrected chi connectivity index (χ0v) is 16.2. The van der Waals surface area contributed by atoms with Crippen LogP contribution in [0.5, 0.6) is 0 Å². The molecule has 7 heteroatoms. The maximum Gasteiger partial charge on any atom is 0.258 e. The Kier molecular flexibility index (Phi) is 5.05. The van der Waals surface area contributed by atoms with Gasteiger partial charge >= 0.3 is 0 Å². The summed E-state index contributed by atoms with van der Waals surface area (Å²) in [6, 6.07) is 18.2. The number of fused-ring (bicyclic) bond motifs is 1. The highest BCUT2D eigenvalue weighted by Crippen LogP contribution is 2.28. The van der Waals surface area contributed by atoms with Crippen LogP contribution < -0.4 is 10.6 Å². The molecular formula is C22H16FN3O2S. The number of halogens is 1. The number of nitrogens with zero attached hydrogens (tertiary/aromatic N) is 1. The molecule has 2 amide bonds. The van der Waals surface area contributed by atoms with Crippen molar-refractivity contribution < 1.29 is 14.0 Å². The predicted octanol–water partition coefficient (Wildman–Crippen LogP) is 5.25. The molecule has 3 aromatic carbocycles. The van der Waals surface area contributed by atoms with Crippen LogP contribution in [0.25, 0.3) is 10.2 Å². The van der Waals surface area contributed by atoms with Gasteiger partial charge in [0.1, 0.15) is 5.82 Å². The molecule has 1 aromatic heterocycles. The van der Waals surface area contributed by atoms with Crippen LogP contribution >= 0.6 is 11.3 Å². The third kappa shape index (κ3) is 4.14. The van der Waals surface area contributed by atoms with E-state index in [0.29, 0.717) is 21.9 Å². The summed E-state index contributed by atoms with van der Waals surface area (Å²) < 4.78 is 14.6. The molecule has 0 unspecified atom stereocenters. The minimum Gasteiger partial charge on any atom is -0.322 e. The van der Waals surface area contributed by atoms with E-state index in [4.69, 9.17) is 0 Å². The van der Waals surface area contributed by atoms with Gasteiger partial charge in [-0.25, -0.2) is 9.37 Å². The van der Waals surface area contributed by atoms with Crippen LogP contribution in [0, 0.1) is 12.7 Å². The van der Waals surface area contributed by atoms with Gasteiger partial charge in [0.2, 0.25) is 0 Å². The average molecular weight is 405 g/mol. The van der Waals surface area contributed by atoms with Gasteiger partial charge in [0.15, 0.2) is 5.13 Å². The lowest BCUT2D eigenvalue weighted by Crippen LogP contribution is -2.13. The van der Waals surface area contributed by atoms with E-state index in [1.54, 1.807) is 36.4 Å². The number of carbonyl (C=O) groups excluding carboxylic acids is 2. The van der Waals surface area contributed by atoms with E-state index in [9.17, 15) is 14.0 Å². The van der Waals surface area contributed by atoms with Crippen molar-refractivity contribution in [3.63, 3.8) is 0 Å². The fourth-order valence-corrected chi connectivity index (χ4v) is 3.62. The Bertz CT molecular complexity index is 1220. The van der Waals surface area contributed by atoms with Crippen LogP contribution in [0.4, 0.5) is 15.2 Å². The monoisotopic (exact) mass is 405 g/mol. The largest absolute Gasteiger partial charge is 0.322 e. The SMILES string of the molecule is Cc1ccc(C(=O)Nc2nc3cc(NC(=O)c4ccccc4F)ccc3s2)cc1. The lowest BCUT2D eigenvalue weighted by molar-refractivity contribution is 0.101. The first-order valence-electron chi connectivity index (χ1n) is 8.84. The maximum absolute atomic E-state index is 13.8. The number of aromatic nitrogens is 1. The van der Waals surface area contributed by atoms with Crippen molar-refractivity contribution in [2.75, 3.05) is 10.6 Å². The number of amides is 2. The van der Waals surface area contributed by atoms with Crippen LogP contribution in [-0.2, 0) is 0 Å². The minimum atomic E-state index is -0.583. The predicted molar refractivity (Wildman–Crippen MR) is 113 cm³/mol. The number of nitrogens with one attached hydrogen (secondary N) is 2. The highest BCUT2D eigenvalue weighted by molar-refractivity contribution is 7.22. The second kappa shape index (κ2) is 7.81. The summed E-state index contributed by atoms with van der Waals surface area (Å²) in [4.78, 5) is 29.1. The minimum absolute atomic E-state index is 0.0306. The Labute approximate surface area is 170 Å². The third-order valence-electron chi connectivity index (χ3n) is 4.30. The summed E-state index contributed by atoms with van der Waals surface area (Å²) in [6.45, 7) is 1.96. The van der Waals surface area contributed by atoms with Gasteiger partial charge in [-0.05, 0) is 49.4 Å². The van der Waals surface area contributed by atoms with Crippen LogP contribution in [0.1, 0.15) is 26.3 Å². The van der Waals surface area contributed by atoms with E-state index in [2.05, 4.69) is 15.6 Å². The van der Waals surface area contributed by atoms with Crippen molar-refractivity contribution in [3.8, 4) is 0 Å². The molecular weight excluding hydrogens is 389 g/mol. The van der Waals surface area contributed by atoms with Gasteiger partial charge in [-0.1, -0.05) is 41.2 Å². The quantitative estimate of drug-likeness (QED) is 0.487. The zero-order valence-electron chi connectivity index (χ0n) is 15.4. The Morgan fingerprint density at radius 3 is 2.45 bits per heavy atom. The van der Waals surface area contributed by atoms with Crippen LogP contribution in [0.2, 0.25) is 0 Å². The van der Waals surface area contributed by atoms with Gasteiger partial charge < -0.3 is 5.32 Å². The number of carbonyl (C=O) groups is 2. The molecule has 0 atom stereocenters. The number of hydrogen-bond donors (Lipinski definition) is 2. The van der Waals surface area contributed by atoms with E-state index in [-0.39, 0.29) is 11.5 Å². The zero-order chi connectivity index (χ0) is 20.4. The first kappa shape index (κ1) is 18.8. The molecule has 2 N–H and O–H groups in total. The standard InChI is InChI=1S/C22H16FN3O2S/c1-13-6-8-14(9-7-13)20(27)26-22-25-18-12-15(10-11-19(18)29-22)24-21(28)16-4-2-3-5-17(16)23/h2-12H,1H3,(H,24,28)(H,25,26,27). The number of aryl methyl sites for hydroxylation is 1. The molecule has 0 bridgehead atoms. The van der Waals surface area contributed by atoms with Crippen LogP contribution in [0.15, 0.2) is 66.7 Å². The van der Waals surface area contributed by atoms with Gasteiger partial charge in [0, 0.05) is 11.3 Å². The highest BCUT2D eigenvalue weighted by atomic mass is 32.1. The fraction of sp³-hybridized carbons (Fsp3) is 0.0455. The highest BCUT2D eigenvalue weighted by Gasteiger charge is 2.13. The van der Waals surface area contributed by atoms with Crippen molar-refractivity contribution in [1.82, 2.24) is 4.98 Å². The summed E-state index contributed by atoms with van der Waals surface area (Å²) in [6.07, 6.45) is 0. The molecule has 0 spiro atoms. The maximum atomic E-state index is 13.8. The second-order valence-corrected chi connectivity index (χ2v) is 7.49. The molecule has 4 aromatic rings. The molecule has 0 aliphatic carbocycles. The first-order chi connectivity index (χ1) is 14.0. The Morgan fingerprint density at radius 1 is 0.931 bits per heavy atom. The third-order valence-corrected chi connectivity index (χ3v) is 5.25. The lowest BCUT2D eigenvalue weighted by Gasteiger charge is -2.05. The molecule has 0 aliphatic heterocycles. The van der Waals surface area contributed by atoms with Crippen molar-refractivity contribution in [2.45, 2.75) is 6.92 Å². The normalized spacial score (nSPS) is 10.7. The van der Waals surface area contributed by atoms with Gasteiger partial charge in [-0.15, -0.1) is 0 Å². The van der Waals surface area contributed by atoms with E-state index >= 15 is 0 Å². The molecule has 29 heavy (non-hydrogen) atoms. The summed E-state index contributed by atoms with van der Waals surface area (Å²) >= 11 is 1.33. The molecule has 144 valence electrons. The number of thiazole rings is 1. The van der Waals surface area contributed by atoms with Crippen molar-refractivity contribution in [2.24, 2.45) is 0 Å². The molecule has 1 heterocycles. The van der Waals surface area contributed by atoms with Crippen molar-refractivity contribution >= 4 is 44.2 Å². The number of hydrogen-bond acceptors (Lipinski definition) is 4. The summed E-state index contributed by atoms with van der Waals surface area (Å²) in [7, 11) is 0. The number of rotatable bonds is 4. The van der Waals surface area contributed by atoms with Gasteiger partial charge in [-0.3, -0.25) is 14.9 Å². The van der Waals surface area contributed by atoms with E-state index < -0.39 is 11.7 Å². The molecule has 0 radical (unpaired) electrons. The fourth-order valence-electron chi connectivity index (χ4n) is 2.78. The van der Waals surface area contributed by atoms with Crippen LogP contribution in [-0.4, -0.2) is 16.8 Å². The van der Waals surface area contributed by atoms with E-state index in [1.807, 2.05) is 19.1 Å². The summed E-state index contributed by atoms with van der Waals surface area (Å²) in [5.74, 6) is -1.36. The number of anilines is 2. The lowest BCUT2D eigenvalue weighted by atomic mass is 10.1. The van der Waals surface area contributed by atoms with Gasteiger partial charge in [-0.2, -0.15) is 0 Å². The van der Waals surface area contributed by atoms with Gasteiger partial charge in [0.05, 0.1) is 15.8 Å². The first-order valence-corrected chi connectivity index (χ1v) is 9.66. The topological polar surface area (TPSA) is 71.1 Å². The molecule has 0 aliphatic rings. The molecule has 0 saturated heterocycles. The van der Waals surface area contributed by atoms with E-state index in [1.165, 1.54) is 29.5 Å². The summed E-state index contributed by atoms with van der Waals surface area (Å²) in [5.41, 5.74) is 2.71. The molecule has 0 saturated carbocycles. The smallest absolute Gasteiger partial charge is 0.258 e. The summed E-state index contributed by atoms with van der Waals surface area (Å²) in [5, 5.41) is 5.92. The van der Waals surface area contributed by atoms with Crippen LogP contribution in [0.3, 0.4) is 0 Å². The van der Waals surface area contributed by atoms with E-state index in [0.717, 1.165) is 10.3 Å². The number of benzene rings is 3. The Hall–Kier alpha value is -3.58. The van der Waals surface area contributed by atoms with Crippen molar-refractivity contribution in [3.05, 3.63) is 89.2 Å². The van der Waals surface area contributed by atoms with Gasteiger partial charge in [0.25, 0.3) is 11.8 Å². The average Bonchev–Trinajstić information content (AvgIpc) is 3.10. The van der Waals surface area contributed by atoms with Crippen molar-refractivity contribution in [1.29, 1.82) is 0 Å². The Balaban J connectivity index is 1.51. The Morgan fingerprint density at radius 2 is 1.69 bits per heavy atom. The molecule has 5 nitrogen and oxygen atoms in total.